The fourth-order valence-corrected chi connectivity index (χ4v) is 2.72. The van der Waals surface area contributed by atoms with Gasteiger partial charge in [-0.05, 0) is 42.0 Å². The summed E-state index contributed by atoms with van der Waals surface area (Å²) in [6, 6.07) is 16.7. The number of Topliss-reactive ketones (excluding diaryl/α,β-unsaturated/α-hetero) is 1. The van der Waals surface area contributed by atoms with Gasteiger partial charge >= 0.3 is 0 Å². The maximum atomic E-state index is 12.3. The molecule has 0 aliphatic heterocycles. The van der Waals surface area contributed by atoms with Crippen LogP contribution in [0.5, 0.6) is 0 Å². The van der Waals surface area contributed by atoms with Crippen LogP contribution in [0.4, 0.5) is 0 Å². The van der Waals surface area contributed by atoms with E-state index in [0.717, 1.165) is 11.1 Å². The number of benzene rings is 1. The van der Waals surface area contributed by atoms with Gasteiger partial charge in [0.2, 0.25) is 0 Å². The van der Waals surface area contributed by atoms with Crippen LogP contribution in [0.2, 0.25) is 0 Å². The zero-order valence-electron chi connectivity index (χ0n) is 13.7. The van der Waals surface area contributed by atoms with Crippen LogP contribution in [-0.2, 0) is 6.42 Å². The van der Waals surface area contributed by atoms with Crippen molar-refractivity contribution < 1.29 is 4.79 Å². The van der Waals surface area contributed by atoms with Crippen molar-refractivity contribution in [3.63, 3.8) is 0 Å². The molecule has 0 saturated carbocycles. The molecule has 0 unspecified atom stereocenters. The Kier molecular flexibility index (Phi) is 3.96. The van der Waals surface area contributed by atoms with Crippen LogP contribution in [0.15, 0.2) is 67.1 Å². The summed E-state index contributed by atoms with van der Waals surface area (Å²) in [4.78, 5) is 20.7. The number of rotatable bonds is 4. The molecule has 0 saturated heterocycles. The first kappa shape index (κ1) is 15.7. The minimum absolute atomic E-state index is 0.0732. The highest BCUT2D eigenvalue weighted by Gasteiger charge is 2.12. The van der Waals surface area contributed by atoms with Crippen LogP contribution in [-0.4, -0.2) is 25.4 Å². The van der Waals surface area contributed by atoms with Crippen molar-refractivity contribution in [1.29, 1.82) is 5.26 Å². The Labute approximate surface area is 149 Å². The van der Waals surface area contributed by atoms with Crippen molar-refractivity contribution >= 4 is 11.4 Å². The zero-order valence-corrected chi connectivity index (χ0v) is 13.7. The van der Waals surface area contributed by atoms with Gasteiger partial charge in [0.25, 0.3) is 0 Å². The van der Waals surface area contributed by atoms with E-state index in [-0.39, 0.29) is 12.2 Å². The quantitative estimate of drug-likeness (QED) is 0.534. The summed E-state index contributed by atoms with van der Waals surface area (Å²) in [5, 5.41) is 13.5. The molecule has 0 bridgehead atoms. The fourth-order valence-electron chi connectivity index (χ4n) is 2.72. The number of carbonyl (C=O) groups excluding carboxylic acids is 1. The summed E-state index contributed by atoms with van der Waals surface area (Å²) in [5.41, 5.74) is 3.66. The summed E-state index contributed by atoms with van der Waals surface area (Å²) < 4.78 is 1.65. The highest BCUT2D eigenvalue weighted by molar-refractivity contribution is 5.96. The summed E-state index contributed by atoms with van der Waals surface area (Å²) in [7, 11) is 0. The summed E-state index contributed by atoms with van der Waals surface area (Å²) in [5.74, 6) is 0.387. The molecule has 4 rings (SSSR count). The van der Waals surface area contributed by atoms with Gasteiger partial charge < -0.3 is 0 Å². The average molecular weight is 339 g/mol. The number of hydrogen-bond acceptors (Lipinski definition) is 5. The van der Waals surface area contributed by atoms with Gasteiger partial charge in [-0.3, -0.25) is 9.78 Å². The Hall–Kier alpha value is -3.85. The highest BCUT2D eigenvalue weighted by atomic mass is 16.1. The number of ketones is 1. The molecule has 0 spiro atoms. The van der Waals surface area contributed by atoms with Crippen molar-refractivity contribution in [2.24, 2.45) is 0 Å². The van der Waals surface area contributed by atoms with Crippen molar-refractivity contribution in [2.45, 2.75) is 6.42 Å². The maximum absolute atomic E-state index is 12.3. The molecule has 0 N–H and O–H groups in total. The van der Waals surface area contributed by atoms with E-state index in [4.69, 9.17) is 5.26 Å². The second-order valence-electron chi connectivity index (χ2n) is 5.78. The molecular weight excluding hydrogens is 326 g/mol. The summed E-state index contributed by atoms with van der Waals surface area (Å²) in [6.07, 6.45) is 5.13. The molecule has 4 aromatic rings. The van der Waals surface area contributed by atoms with Crippen LogP contribution < -0.4 is 0 Å². The lowest BCUT2D eigenvalue weighted by atomic mass is 10.1. The molecule has 0 radical (unpaired) electrons. The Morgan fingerprint density at radius 3 is 2.85 bits per heavy atom. The first-order valence-corrected chi connectivity index (χ1v) is 8.02. The average Bonchev–Trinajstić information content (AvgIpc) is 3.10. The lowest BCUT2D eigenvalue weighted by Gasteiger charge is -2.02. The minimum atomic E-state index is -0.0732. The standard InChI is InChI=1S/C20H13N5O/c21-11-14-3-1-4-15(9-14)17-6-7-20-23-19(24-25(20)13-17)10-18(26)16-5-2-8-22-12-16/h1-9,12-13H,10H2. The Balaban J connectivity index is 1.64. The van der Waals surface area contributed by atoms with Crippen LogP contribution in [0.1, 0.15) is 21.7 Å². The van der Waals surface area contributed by atoms with Crippen molar-refractivity contribution in [1.82, 2.24) is 19.6 Å². The lowest BCUT2D eigenvalue weighted by molar-refractivity contribution is 0.0990. The summed E-state index contributed by atoms with van der Waals surface area (Å²) >= 11 is 0. The second-order valence-corrected chi connectivity index (χ2v) is 5.78. The van der Waals surface area contributed by atoms with Crippen LogP contribution >= 0.6 is 0 Å². The Morgan fingerprint density at radius 2 is 2.04 bits per heavy atom. The predicted molar refractivity (Wildman–Crippen MR) is 95.4 cm³/mol. The Morgan fingerprint density at radius 1 is 1.12 bits per heavy atom. The van der Waals surface area contributed by atoms with Gasteiger partial charge in [0.15, 0.2) is 17.3 Å². The number of nitriles is 1. The van der Waals surface area contributed by atoms with Crippen LogP contribution in [0, 0.1) is 11.3 Å². The smallest absolute Gasteiger partial charge is 0.172 e. The first-order chi connectivity index (χ1) is 12.7. The van der Waals surface area contributed by atoms with Gasteiger partial charge in [-0.1, -0.05) is 12.1 Å². The fraction of sp³-hybridized carbons (Fsp3) is 0.0500. The molecular formula is C20H13N5O. The van der Waals surface area contributed by atoms with Crippen molar-refractivity contribution in [3.8, 4) is 17.2 Å². The van der Waals surface area contributed by atoms with Gasteiger partial charge in [-0.25, -0.2) is 9.50 Å². The first-order valence-electron chi connectivity index (χ1n) is 8.02. The number of fused-ring (bicyclic) bond motifs is 1. The molecule has 3 heterocycles. The van der Waals surface area contributed by atoms with E-state index in [1.165, 1.54) is 0 Å². The maximum Gasteiger partial charge on any atom is 0.172 e. The predicted octanol–water partition coefficient (Wildman–Crippen LogP) is 3.09. The third-order valence-corrected chi connectivity index (χ3v) is 4.00. The normalized spacial score (nSPS) is 10.6. The minimum Gasteiger partial charge on any atom is -0.294 e. The molecule has 0 amide bonds. The monoisotopic (exact) mass is 339 g/mol. The second kappa shape index (κ2) is 6.57. The van der Waals surface area contributed by atoms with Crippen LogP contribution in [0.25, 0.3) is 16.8 Å². The number of carbonyl (C=O) groups is 1. The van der Waals surface area contributed by atoms with Gasteiger partial charge in [-0.15, -0.1) is 0 Å². The molecule has 0 aliphatic carbocycles. The SMILES string of the molecule is N#Cc1cccc(-c2ccc3nc(CC(=O)c4cccnc4)nn3c2)c1. The molecule has 26 heavy (non-hydrogen) atoms. The molecule has 6 nitrogen and oxygen atoms in total. The van der Waals surface area contributed by atoms with E-state index in [2.05, 4.69) is 21.1 Å². The van der Waals surface area contributed by atoms with Gasteiger partial charge in [0.1, 0.15) is 0 Å². The van der Waals surface area contributed by atoms with E-state index in [1.54, 1.807) is 35.1 Å². The topological polar surface area (TPSA) is 83.9 Å². The Bertz CT molecular complexity index is 1140. The van der Waals surface area contributed by atoms with E-state index < -0.39 is 0 Å². The van der Waals surface area contributed by atoms with Gasteiger partial charge in [0, 0.05) is 29.7 Å². The molecule has 0 aliphatic rings. The van der Waals surface area contributed by atoms with E-state index in [1.807, 2.05) is 36.5 Å². The highest BCUT2D eigenvalue weighted by Crippen LogP contribution is 2.21. The zero-order chi connectivity index (χ0) is 17.9. The van der Waals surface area contributed by atoms with E-state index in [0.29, 0.717) is 22.6 Å². The molecule has 0 atom stereocenters. The van der Waals surface area contributed by atoms with Crippen molar-refractivity contribution in [3.05, 3.63) is 84.1 Å². The third kappa shape index (κ3) is 3.06. The number of pyridine rings is 2. The lowest BCUT2D eigenvalue weighted by Crippen LogP contribution is -2.05. The van der Waals surface area contributed by atoms with Gasteiger partial charge in [0.05, 0.1) is 18.1 Å². The van der Waals surface area contributed by atoms with Crippen LogP contribution in [0.3, 0.4) is 0 Å². The third-order valence-electron chi connectivity index (χ3n) is 4.00. The molecule has 0 fully saturated rings. The number of nitrogens with zero attached hydrogens (tertiary/aromatic N) is 5. The largest absolute Gasteiger partial charge is 0.294 e. The van der Waals surface area contributed by atoms with Crippen molar-refractivity contribution in [2.75, 3.05) is 0 Å². The molecule has 124 valence electrons. The molecule has 3 aromatic heterocycles. The van der Waals surface area contributed by atoms with E-state index in [9.17, 15) is 4.79 Å². The number of hydrogen-bond donors (Lipinski definition) is 0. The molecule has 6 heteroatoms. The van der Waals surface area contributed by atoms with Gasteiger partial charge in [-0.2, -0.15) is 10.4 Å². The number of aromatic nitrogens is 4. The van der Waals surface area contributed by atoms with E-state index >= 15 is 0 Å². The summed E-state index contributed by atoms with van der Waals surface area (Å²) in [6.45, 7) is 0. The molecule has 1 aromatic carbocycles.